The molecule has 1 unspecified atom stereocenters. The molecule has 1 radical (unpaired) electrons. The van der Waals surface area contributed by atoms with E-state index in [4.69, 9.17) is 10.2 Å². The normalized spacial score (nSPS) is 11.0. The SMILES string of the molecule is CC(C[CH-]C(=O)O)C(=O)O.[Y]. The topological polar surface area (TPSA) is 74.6 Å². The first-order valence-electron chi connectivity index (χ1n) is 2.83. The second-order valence-electron chi connectivity index (χ2n) is 2.02. The van der Waals surface area contributed by atoms with E-state index in [1.165, 1.54) is 6.92 Å². The van der Waals surface area contributed by atoms with Crippen LogP contribution in [0.2, 0.25) is 0 Å². The summed E-state index contributed by atoms with van der Waals surface area (Å²) in [6.07, 6.45) is 1.02. The molecule has 5 heteroatoms. The van der Waals surface area contributed by atoms with Crippen LogP contribution in [-0.2, 0) is 42.3 Å². The second kappa shape index (κ2) is 6.61. The molecule has 0 aromatic carbocycles. The zero-order valence-corrected chi connectivity index (χ0v) is 8.99. The zero-order chi connectivity index (χ0) is 8.15. The van der Waals surface area contributed by atoms with Gasteiger partial charge in [0.1, 0.15) is 0 Å². The first-order valence-corrected chi connectivity index (χ1v) is 2.83. The van der Waals surface area contributed by atoms with Gasteiger partial charge in [0.25, 0.3) is 0 Å². The summed E-state index contributed by atoms with van der Waals surface area (Å²) in [6.45, 7) is 1.46. The van der Waals surface area contributed by atoms with Crippen molar-refractivity contribution in [2.45, 2.75) is 13.3 Å². The van der Waals surface area contributed by atoms with E-state index in [0.717, 1.165) is 6.42 Å². The van der Waals surface area contributed by atoms with Crippen LogP contribution in [0.4, 0.5) is 0 Å². The van der Waals surface area contributed by atoms with Crippen molar-refractivity contribution in [1.82, 2.24) is 0 Å². The Labute approximate surface area is 89.9 Å². The van der Waals surface area contributed by atoms with Crippen molar-refractivity contribution in [2.24, 2.45) is 5.92 Å². The Kier molecular flexibility index (Phi) is 8.12. The van der Waals surface area contributed by atoms with Crippen molar-refractivity contribution in [3.05, 3.63) is 6.42 Å². The van der Waals surface area contributed by atoms with E-state index >= 15 is 0 Å². The van der Waals surface area contributed by atoms with Crippen molar-refractivity contribution in [2.75, 3.05) is 0 Å². The predicted molar refractivity (Wildman–Crippen MR) is 33.4 cm³/mol. The quantitative estimate of drug-likeness (QED) is 0.689. The van der Waals surface area contributed by atoms with Gasteiger partial charge in [-0.05, 0) is 0 Å². The Morgan fingerprint density at radius 1 is 1.45 bits per heavy atom. The molecule has 0 aromatic heterocycles. The Morgan fingerprint density at radius 2 is 1.91 bits per heavy atom. The molecule has 0 heterocycles. The maximum absolute atomic E-state index is 10.1. The summed E-state index contributed by atoms with van der Waals surface area (Å²) in [4.78, 5) is 20.0. The summed E-state index contributed by atoms with van der Waals surface area (Å²) in [5.74, 6) is -2.67. The van der Waals surface area contributed by atoms with Crippen LogP contribution < -0.4 is 0 Å². The molecule has 61 valence electrons. The summed E-state index contributed by atoms with van der Waals surface area (Å²) in [6, 6.07) is 0. The number of hydrogen-bond donors (Lipinski definition) is 2. The monoisotopic (exact) mass is 234 g/mol. The number of carboxylic acid groups (broad SMARTS) is 2. The molecule has 11 heavy (non-hydrogen) atoms. The van der Waals surface area contributed by atoms with Gasteiger partial charge < -0.3 is 10.2 Å². The Hall–Kier alpha value is -0.0861. The smallest absolute Gasteiger partial charge is 0.303 e. The van der Waals surface area contributed by atoms with Crippen molar-refractivity contribution >= 4 is 11.9 Å². The van der Waals surface area contributed by atoms with Gasteiger partial charge in [-0.15, -0.1) is 6.42 Å². The Balaban J connectivity index is 0. The van der Waals surface area contributed by atoms with Crippen LogP contribution >= 0.6 is 0 Å². The van der Waals surface area contributed by atoms with E-state index in [9.17, 15) is 9.59 Å². The summed E-state index contributed by atoms with van der Waals surface area (Å²) in [5.41, 5.74) is 0. The van der Waals surface area contributed by atoms with Gasteiger partial charge in [0, 0.05) is 38.6 Å². The largest absolute Gasteiger partial charge is 0.503 e. The summed E-state index contributed by atoms with van der Waals surface area (Å²) >= 11 is 0. The number of carbonyl (C=O) groups is 2. The molecule has 0 fully saturated rings. The van der Waals surface area contributed by atoms with E-state index < -0.39 is 17.9 Å². The van der Waals surface area contributed by atoms with Crippen molar-refractivity contribution in [3.8, 4) is 0 Å². The summed E-state index contributed by atoms with van der Waals surface area (Å²) in [7, 11) is 0. The van der Waals surface area contributed by atoms with Gasteiger partial charge in [0.05, 0.1) is 0 Å². The van der Waals surface area contributed by atoms with Crippen LogP contribution in [0.1, 0.15) is 13.3 Å². The molecule has 0 aliphatic carbocycles. The van der Waals surface area contributed by atoms with E-state index in [0.29, 0.717) is 0 Å². The van der Waals surface area contributed by atoms with Gasteiger partial charge in [0.15, 0.2) is 5.97 Å². The third-order valence-electron chi connectivity index (χ3n) is 1.07. The van der Waals surface area contributed by atoms with E-state index in [1.54, 1.807) is 0 Å². The van der Waals surface area contributed by atoms with Gasteiger partial charge in [-0.3, -0.25) is 16.0 Å². The molecule has 2 N–H and O–H groups in total. The van der Waals surface area contributed by atoms with Crippen LogP contribution in [0.3, 0.4) is 0 Å². The van der Waals surface area contributed by atoms with E-state index in [-0.39, 0.29) is 39.1 Å². The van der Waals surface area contributed by atoms with Gasteiger partial charge in [0.2, 0.25) is 0 Å². The van der Waals surface area contributed by atoms with Gasteiger partial charge in [-0.1, -0.05) is 6.92 Å². The van der Waals surface area contributed by atoms with Crippen LogP contribution in [0.5, 0.6) is 0 Å². The first kappa shape index (κ1) is 13.5. The molecule has 0 spiro atoms. The maximum Gasteiger partial charge on any atom is 0.303 e. The molecule has 0 aliphatic rings. The van der Waals surface area contributed by atoms with Crippen LogP contribution in [0, 0.1) is 12.3 Å². The molecule has 0 saturated carbocycles. The second-order valence-corrected chi connectivity index (χ2v) is 2.02. The fourth-order valence-electron chi connectivity index (χ4n) is 0.378. The molecule has 1 atom stereocenters. The van der Waals surface area contributed by atoms with Gasteiger partial charge >= 0.3 is 5.97 Å². The minimum Gasteiger partial charge on any atom is -0.503 e. The standard InChI is InChI=1S/C6H9O4.Y/c1-4(6(9)10)2-3-5(7)8;/h3-4H,2H2,1H3,(H,7,8)(H,9,10);/q-1;. The van der Waals surface area contributed by atoms with Crippen LogP contribution in [0.25, 0.3) is 0 Å². The number of hydrogen-bond acceptors (Lipinski definition) is 2. The van der Waals surface area contributed by atoms with Gasteiger partial charge in [-0.2, -0.15) is 0 Å². The molecule has 0 aliphatic heterocycles. The predicted octanol–water partition coefficient (Wildman–Crippen LogP) is 0.384. The average molecular weight is 234 g/mol. The molecular formula is C6H9O4Y-. The third-order valence-corrected chi connectivity index (χ3v) is 1.07. The zero-order valence-electron chi connectivity index (χ0n) is 6.15. The van der Waals surface area contributed by atoms with Crippen molar-refractivity contribution in [1.29, 1.82) is 0 Å². The summed E-state index contributed by atoms with van der Waals surface area (Å²) in [5, 5.41) is 16.4. The molecule has 0 amide bonds. The molecule has 0 bridgehead atoms. The minimum absolute atomic E-state index is 0. The Bertz CT molecular complexity index is 146. The van der Waals surface area contributed by atoms with Crippen LogP contribution in [0.15, 0.2) is 0 Å². The fourth-order valence-corrected chi connectivity index (χ4v) is 0.378. The molecule has 4 nitrogen and oxygen atoms in total. The van der Waals surface area contributed by atoms with Gasteiger partial charge in [-0.25, -0.2) is 0 Å². The molecule has 0 saturated heterocycles. The average Bonchev–Trinajstić information content (AvgIpc) is 1.82. The summed E-state index contributed by atoms with van der Waals surface area (Å²) < 4.78 is 0. The Morgan fingerprint density at radius 3 is 2.18 bits per heavy atom. The fraction of sp³-hybridized carbons (Fsp3) is 0.500. The van der Waals surface area contributed by atoms with Crippen LogP contribution in [-0.4, -0.2) is 22.2 Å². The van der Waals surface area contributed by atoms with E-state index in [2.05, 4.69) is 0 Å². The van der Waals surface area contributed by atoms with Crippen molar-refractivity contribution < 1.29 is 52.5 Å². The number of aliphatic carboxylic acids is 2. The number of carboxylic acids is 2. The molecule has 0 rings (SSSR count). The third kappa shape index (κ3) is 7.81. The maximum atomic E-state index is 10.1. The first-order chi connectivity index (χ1) is 4.54. The molecule has 0 aromatic rings. The molecular weight excluding hydrogens is 225 g/mol. The van der Waals surface area contributed by atoms with E-state index in [1.807, 2.05) is 0 Å². The number of rotatable bonds is 4. The van der Waals surface area contributed by atoms with Crippen molar-refractivity contribution in [3.63, 3.8) is 0 Å². The minimum atomic E-state index is -1.08.